The maximum Gasteiger partial charge on any atom is 0.435 e. The molecule has 0 N–H and O–H groups in total. The maximum atomic E-state index is 12.5. The Morgan fingerprint density at radius 1 is 1.53 bits per heavy atom. The minimum Gasteiger partial charge on any atom is -0.281 e. The van der Waals surface area contributed by atoms with Crippen LogP contribution in [-0.2, 0) is 6.18 Å². The number of nitrogens with zero attached hydrogens (tertiary/aromatic N) is 1. The average molecular weight is 304 g/mol. The predicted octanol–water partition coefficient (Wildman–Crippen LogP) is 4.34. The van der Waals surface area contributed by atoms with Crippen molar-refractivity contribution in [2.45, 2.75) is 20.0 Å². The highest BCUT2D eigenvalue weighted by Gasteiger charge is 2.39. The topological polar surface area (TPSA) is 30.0 Å². The zero-order valence-electron chi connectivity index (χ0n) is 8.97. The Bertz CT molecular complexity index is 417. The summed E-state index contributed by atoms with van der Waals surface area (Å²) in [7, 11) is 0. The normalized spacial score (nSPS) is 12.2. The molecule has 0 aliphatic rings. The molecule has 0 spiro atoms. The van der Waals surface area contributed by atoms with Gasteiger partial charge in [-0.25, -0.2) is 4.98 Å². The van der Waals surface area contributed by atoms with E-state index in [1.54, 1.807) is 0 Å². The van der Waals surface area contributed by atoms with Gasteiger partial charge in [0.1, 0.15) is 4.88 Å². The van der Waals surface area contributed by atoms with E-state index in [0.717, 1.165) is 11.8 Å². The largest absolute Gasteiger partial charge is 0.435 e. The van der Waals surface area contributed by atoms with Crippen LogP contribution >= 0.6 is 34.7 Å². The summed E-state index contributed by atoms with van der Waals surface area (Å²) >= 11 is 6.84. The van der Waals surface area contributed by atoms with Gasteiger partial charge in [0, 0.05) is 5.75 Å². The number of hydrogen-bond acceptors (Lipinski definition) is 4. The Labute approximate surface area is 110 Å². The van der Waals surface area contributed by atoms with Crippen molar-refractivity contribution in [3.63, 3.8) is 0 Å². The molecule has 0 aliphatic heterocycles. The van der Waals surface area contributed by atoms with E-state index in [9.17, 15) is 18.0 Å². The molecule has 0 fully saturated rings. The molecule has 0 amide bonds. The van der Waals surface area contributed by atoms with Gasteiger partial charge < -0.3 is 0 Å². The van der Waals surface area contributed by atoms with E-state index >= 15 is 0 Å². The molecule has 8 heteroatoms. The molecule has 1 heterocycles. The molecule has 0 aliphatic carbocycles. The Morgan fingerprint density at radius 3 is 2.59 bits per heavy atom. The number of alkyl halides is 3. The van der Waals surface area contributed by atoms with Crippen LogP contribution < -0.4 is 0 Å². The van der Waals surface area contributed by atoms with Crippen molar-refractivity contribution in [2.75, 3.05) is 5.75 Å². The third kappa shape index (κ3) is 4.15. The molecule has 1 aromatic heterocycles. The van der Waals surface area contributed by atoms with E-state index in [2.05, 4.69) is 4.98 Å². The highest BCUT2D eigenvalue weighted by atomic mass is 35.5. The molecule has 17 heavy (non-hydrogen) atoms. The summed E-state index contributed by atoms with van der Waals surface area (Å²) in [6.07, 6.45) is -4.65. The van der Waals surface area contributed by atoms with Crippen LogP contribution in [0, 0.1) is 5.92 Å². The lowest BCUT2D eigenvalue weighted by molar-refractivity contribution is -0.141. The van der Waals surface area contributed by atoms with E-state index in [-0.39, 0.29) is 10.4 Å². The van der Waals surface area contributed by atoms with Crippen molar-refractivity contribution in [2.24, 2.45) is 5.92 Å². The Hall–Kier alpha value is -0.270. The smallest absolute Gasteiger partial charge is 0.281 e. The standard InChI is InChI=1S/C9H9ClF3NOS2/c1-4(2)3-16-7(15)5-6(9(11,12)13)14-8(10)17-5/h4H,3H2,1-2H3. The van der Waals surface area contributed by atoms with Crippen molar-refractivity contribution in [3.05, 3.63) is 15.0 Å². The number of rotatable bonds is 3. The van der Waals surface area contributed by atoms with Crippen molar-refractivity contribution in [3.8, 4) is 0 Å². The first-order chi connectivity index (χ1) is 7.71. The molecule has 2 nitrogen and oxygen atoms in total. The number of carbonyl (C=O) groups excluding carboxylic acids is 1. The minimum atomic E-state index is -4.65. The van der Waals surface area contributed by atoms with Gasteiger partial charge >= 0.3 is 6.18 Å². The van der Waals surface area contributed by atoms with E-state index in [4.69, 9.17) is 11.6 Å². The van der Waals surface area contributed by atoms with Crippen molar-refractivity contribution in [1.82, 2.24) is 4.98 Å². The lowest BCUT2D eigenvalue weighted by atomic mass is 10.3. The first kappa shape index (κ1) is 14.8. The van der Waals surface area contributed by atoms with Gasteiger partial charge in [0.15, 0.2) is 10.2 Å². The predicted molar refractivity (Wildman–Crippen MR) is 63.8 cm³/mol. The number of halogens is 4. The molecule has 0 saturated heterocycles. The maximum absolute atomic E-state index is 12.5. The summed E-state index contributed by atoms with van der Waals surface area (Å²) in [6.45, 7) is 3.76. The number of carbonyl (C=O) groups is 1. The fourth-order valence-electron chi connectivity index (χ4n) is 0.932. The second kappa shape index (κ2) is 5.58. The minimum absolute atomic E-state index is 0.224. The Kier molecular flexibility index (Phi) is 4.86. The molecule has 1 rings (SSSR count). The zero-order chi connectivity index (χ0) is 13.2. The van der Waals surface area contributed by atoms with Gasteiger partial charge in [-0.15, -0.1) is 0 Å². The lowest BCUT2D eigenvalue weighted by Crippen LogP contribution is -2.11. The summed E-state index contributed by atoms with van der Waals surface area (Å²) in [4.78, 5) is 14.3. The van der Waals surface area contributed by atoms with E-state index in [1.807, 2.05) is 13.8 Å². The molecular formula is C9H9ClF3NOS2. The Morgan fingerprint density at radius 2 is 2.12 bits per heavy atom. The molecule has 1 aromatic rings. The van der Waals surface area contributed by atoms with Gasteiger partial charge in [0.2, 0.25) is 5.12 Å². The second-order valence-corrected chi connectivity index (χ2v) is 6.21. The summed E-state index contributed by atoms with van der Waals surface area (Å²) < 4.78 is 37.4. The highest BCUT2D eigenvalue weighted by molar-refractivity contribution is 8.14. The SMILES string of the molecule is CC(C)CSC(=O)c1sc(Cl)nc1C(F)(F)F. The average Bonchev–Trinajstić information content (AvgIpc) is 2.56. The number of thiazole rings is 1. The van der Waals surface area contributed by atoms with Crippen LogP contribution in [0.5, 0.6) is 0 Å². The summed E-state index contributed by atoms with van der Waals surface area (Å²) in [6, 6.07) is 0. The van der Waals surface area contributed by atoms with E-state index < -0.39 is 21.9 Å². The van der Waals surface area contributed by atoms with Crippen LogP contribution in [0.25, 0.3) is 0 Å². The van der Waals surface area contributed by atoms with Gasteiger partial charge in [-0.3, -0.25) is 4.79 Å². The van der Waals surface area contributed by atoms with Crippen molar-refractivity contribution >= 4 is 39.8 Å². The second-order valence-electron chi connectivity index (χ2n) is 3.63. The van der Waals surface area contributed by atoms with Crippen LogP contribution in [0.4, 0.5) is 13.2 Å². The number of aromatic nitrogens is 1. The van der Waals surface area contributed by atoms with Crippen LogP contribution in [0.1, 0.15) is 29.2 Å². The van der Waals surface area contributed by atoms with Crippen LogP contribution in [0.15, 0.2) is 0 Å². The quantitative estimate of drug-likeness (QED) is 0.832. The number of thioether (sulfide) groups is 1. The highest BCUT2D eigenvalue weighted by Crippen LogP contribution is 2.37. The molecule has 0 radical (unpaired) electrons. The van der Waals surface area contributed by atoms with Gasteiger partial charge in [0.05, 0.1) is 0 Å². The van der Waals surface area contributed by atoms with Gasteiger partial charge in [-0.1, -0.05) is 48.5 Å². The lowest BCUT2D eigenvalue weighted by Gasteiger charge is -2.06. The van der Waals surface area contributed by atoms with Gasteiger partial charge in [0.25, 0.3) is 0 Å². The van der Waals surface area contributed by atoms with Gasteiger partial charge in [-0.05, 0) is 5.92 Å². The fourth-order valence-corrected chi connectivity index (χ4v) is 2.91. The molecule has 0 unspecified atom stereocenters. The molecular weight excluding hydrogens is 295 g/mol. The first-order valence-corrected chi connectivity index (χ1v) is 6.80. The molecule has 0 bridgehead atoms. The monoisotopic (exact) mass is 303 g/mol. The summed E-state index contributed by atoms with van der Waals surface area (Å²) in [5.41, 5.74) is -1.19. The first-order valence-electron chi connectivity index (χ1n) is 4.62. The van der Waals surface area contributed by atoms with E-state index in [0.29, 0.717) is 17.1 Å². The molecule has 0 atom stereocenters. The van der Waals surface area contributed by atoms with Crippen molar-refractivity contribution in [1.29, 1.82) is 0 Å². The summed E-state index contributed by atoms with van der Waals surface area (Å²) in [5.74, 6) is 0.688. The molecule has 0 aromatic carbocycles. The third-order valence-electron chi connectivity index (χ3n) is 1.60. The molecule has 0 saturated carbocycles. The van der Waals surface area contributed by atoms with Crippen LogP contribution in [-0.4, -0.2) is 15.9 Å². The van der Waals surface area contributed by atoms with Crippen LogP contribution in [0.3, 0.4) is 0 Å². The number of hydrogen-bond donors (Lipinski definition) is 0. The van der Waals surface area contributed by atoms with Gasteiger partial charge in [-0.2, -0.15) is 13.2 Å². The van der Waals surface area contributed by atoms with E-state index in [1.165, 1.54) is 0 Å². The third-order valence-corrected chi connectivity index (χ3v) is 4.19. The zero-order valence-corrected chi connectivity index (χ0v) is 11.4. The Balaban J connectivity index is 2.94. The van der Waals surface area contributed by atoms with Crippen LogP contribution in [0.2, 0.25) is 4.47 Å². The summed E-state index contributed by atoms with van der Waals surface area (Å²) in [5, 5.41) is -0.629. The fraction of sp³-hybridized carbons (Fsp3) is 0.556. The molecule has 96 valence electrons. The van der Waals surface area contributed by atoms with Crippen molar-refractivity contribution < 1.29 is 18.0 Å².